The second-order valence-electron chi connectivity index (χ2n) is 10.00. The van der Waals surface area contributed by atoms with E-state index in [1.807, 2.05) is 37.3 Å². The topological polar surface area (TPSA) is 117 Å². The Morgan fingerprint density at radius 1 is 0.974 bits per heavy atom. The molecule has 1 aromatic carbocycles. The molecule has 0 spiro atoms. The Hall–Kier alpha value is -2.76. The van der Waals surface area contributed by atoms with Gasteiger partial charge in [0.15, 0.2) is 14.9 Å². The van der Waals surface area contributed by atoms with Crippen molar-refractivity contribution in [2.75, 3.05) is 26.0 Å². The van der Waals surface area contributed by atoms with E-state index in [1.54, 1.807) is 4.90 Å². The fourth-order valence-corrected chi connectivity index (χ4v) is 5.15. The van der Waals surface area contributed by atoms with Crippen LogP contribution in [0, 0.1) is 0 Å². The minimum atomic E-state index is -3.38. The average molecular weight is 548 g/mol. The van der Waals surface area contributed by atoms with Crippen molar-refractivity contribution in [3.63, 3.8) is 0 Å². The highest BCUT2D eigenvalue weighted by atomic mass is 32.2. The molecule has 2 heterocycles. The predicted octanol–water partition coefficient (Wildman–Crippen LogP) is 3.79. The van der Waals surface area contributed by atoms with E-state index in [9.17, 15) is 13.2 Å². The molecule has 10 nitrogen and oxygen atoms in total. The minimum absolute atomic E-state index is 0.00325. The first-order valence-corrected chi connectivity index (χ1v) is 15.1. The second-order valence-corrected chi connectivity index (χ2v) is 12.0. The maximum absolute atomic E-state index is 12.5. The molecule has 1 aliphatic heterocycles. The van der Waals surface area contributed by atoms with Gasteiger partial charge in [-0.05, 0) is 51.0 Å². The van der Waals surface area contributed by atoms with Crippen LogP contribution >= 0.6 is 0 Å². The number of rotatable bonds is 10. The van der Waals surface area contributed by atoms with Gasteiger partial charge < -0.3 is 23.8 Å². The van der Waals surface area contributed by atoms with E-state index in [0.717, 1.165) is 50.3 Å². The molecule has 38 heavy (non-hydrogen) atoms. The normalized spacial score (nSPS) is 21.6. The quantitative estimate of drug-likeness (QED) is 0.438. The highest BCUT2D eigenvalue weighted by Crippen LogP contribution is 2.27. The lowest BCUT2D eigenvalue weighted by Crippen LogP contribution is -2.43. The van der Waals surface area contributed by atoms with E-state index in [4.69, 9.17) is 18.9 Å². The van der Waals surface area contributed by atoms with Crippen molar-refractivity contribution in [1.82, 2.24) is 14.9 Å². The standard InChI is InChI=1S/C27H37N3O7S/c1-20(18-34-19-21-6-4-3-5-7-21)35-27(31)30-14-12-24(13-15-30)36-22-8-10-23(11-9-22)37-25-16-29-26(17-28-25)38(2,32)33/h3-7,16-17,20,22-24H,8-15,18-19H2,1-2H3/t20-,22-,23-/m0/s1. The number of hydrogen-bond donors (Lipinski definition) is 0. The summed E-state index contributed by atoms with van der Waals surface area (Å²) < 4.78 is 46.5. The number of carbonyl (C=O) groups excluding carboxylic acids is 1. The molecule has 0 N–H and O–H groups in total. The number of likely N-dealkylation sites (tertiary alicyclic amines) is 1. The van der Waals surface area contributed by atoms with Gasteiger partial charge in [0.25, 0.3) is 0 Å². The maximum atomic E-state index is 12.5. The Kier molecular flexibility index (Phi) is 9.92. The SMILES string of the molecule is C[C@@H](COCc1ccccc1)OC(=O)N1CCC(O[C@H]2CC[C@H](Oc3cnc(S(C)(=O)=O)cn3)CC2)CC1. The number of piperidine rings is 1. The molecule has 2 aliphatic rings. The van der Waals surface area contributed by atoms with Crippen LogP contribution in [0.1, 0.15) is 51.0 Å². The fraction of sp³-hybridized carbons (Fsp3) is 0.593. The van der Waals surface area contributed by atoms with Gasteiger partial charge in [-0.3, -0.25) is 0 Å². The van der Waals surface area contributed by atoms with Crippen LogP contribution in [0.15, 0.2) is 47.8 Å². The molecule has 1 aromatic heterocycles. The van der Waals surface area contributed by atoms with Gasteiger partial charge in [0, 0.05) is 19.3 Å². The first kappa shape index (κ1) is 28.3. The van der Waals surface area contributed by atoms with Gasteiger partial charge in [-0.15, -0.1) is 0 Å². The molecule has 1 saturated heterocycles. The lowest BCUT2D eigenvalue weighted by atomic mass is 9.94. The third-order valence-electron chi connectivity index (χ3n) is 6.74. The summed E-state index contributed by atoms with van der Waals surface area (Å²) >= 11 is 0. The molecule has 2 fully saturated rings. The van der Waals surface area contributed by atoms with Crippen molar-refractivity contribution in [3.8, 4) is 5.88 Å². The Labute approximate surface area is 224 Å². The first-order valence-electron chi connectivity index (χ1n) is 13.2. The highest BCUT2D eigenvalue weighted by molar-refractivity contribution is 7.90. The summed E-state index contributed by atoms with van der Waals surface area (Å²) in [6.07, 6.45) is 8.34. The summed E-state index contributed by atoms with van der Waals surface area (Å²) in [5.41, 5.74) is 1.09. The monoisotopic (exact) mass is 547 g/mol. The predicted molar refractivity (Wildman–Crippen MR) is 140 cm³/mol. The number of aromatic nitrogens is 2. The van der Waals surface area contributed by atoms with Crippen LogP contribution in [-0.2, 0) is 30.7 Å². The van der Waals surface area contributed by atoms with Crippen molar-refractivity contribution < 1.29 is 32.2 Å². The van der Waals surface area contributed by atoms with Gasteiger partial charge >= 0.3 is 6.09 Å². The number of amides is 1. The lowest BCUT2D eigenvalue weighted by molar-refractivity contribution is -0.0673. The molecule has 1 aliphatic carbocycles. The minimum Gasteiger partial charge on any atom is -0.473 e. The largest absolute Gasteiger partial charge is 0.473 e. The van der Waals surface area contributed by atoms with Gasteiger partial charge in [-0.1, -0.05) is 30.3 Å². The summed E-state index contributed by atoms with van der Waals surface area (Å²) in [6.45, 7) is 3.91. The Morgan fingerprint density at radius 3 is 2.26 bits per heavy atom. The van der Waals surface area contributed by atoms with Crippen LogP contribution in [0.4, 0.5) is 4.79 Å². The maximum Gasteiger partial charge on any atom is 0.410 e. The van der Waals surface area contributed by atoms with E-state index >= 15 is 0 Å². The van der Waals surface area contributed by atoms with E-state index in [-0.39, 0.29) is 35.5 Å². The molecule has 0 unspecified atom stereocenters. The van der Waals surface area contributed by atoms with E-state index in [2.05, 4.69) is 9.97 Å². The van der Waals surface area contributed by atoms with Gasteiger partial charge in [0.1, 0.15) is 12.2 Å². The van der Waals surface area contributed by atoms with E-state index in [1.165, 1.54) is 12.4 Å². The molecule has 0 bridgehead atoms. The molecule has 2 aromatic rings. The molecule has 4 rings (SSSR count). The highest BCUT2D eigenvalue weighted by Gasteiger charge is 2.30. The van der Waals surface area contributed by atoms with Crippen molar-refractivity contribution in [3.05, 3.63) is 48.3 Å². The van der Waals surface area contributed by atoms with Crippen LogP contribution < -0.4 is 4.74 Å². The molecule has 208 valence electrons. The number of hydrogen-bond acceptors (Lipinski definition) is 9. The lowest BCUT2D eigenvalue weighted by Gasteiger charge is -2.36. The van der Waals surface area contributed by atoms with Crippen LogP contribution in [0.5, 0.6) is 5.88 Å². The average Bonchev–Trinajstić information content (AvgIpc) is 2.90. The molecule has 1 atom stereocenters. The van der Waals surface area contributed by atoms with Gasteiger partial charge in [0.2, 0.25) is 5.88 Å². The summed E-state index contributed by atoms with van der Waals surface area (Å²) in [6, 6.07) is 9.91. The smallest absolute Gasteiger partial charge is 0.410 e. The molecule has 1 amide bonds. The number of carbonyl (C=O) groups is 1. The number of ether oxygens (including phenoxy) is 4. The van der Waals surface area contributed by atoms with E-state index < -0.39 is 9.84 Å². The zero-order valence-electron chi connectivity index (χ0n) is 22.0. The van der Waals surface area contributed by atoms with E-state index in [0.29, 0.717) is 32.2 Å². The van der Waals surface area contributed by atoms with Crippen molar-refractivity contribution in [1.29, 1.82) is 0 Å². The van der Waals surface area contributed by atoms with Crippen LogP contribution in [-0.4, -0.2) is 79.7 Å². The van der Waals surface area contributed by atoms with Gasteiger partial charge in [-0.2, -0.15) is 0 Å². The first-order chi connectivity index (χ1) is 18.3. The summed E-state index contributed by atoms with van der Waals surface area (Å²) in [4.78, 5) is 22.3. The molecular formula is C27H37N3O7S. The molecule has 1 saturated carbocycles. The Morgan fingerprint density at radius 2 is 1.63 bits per heavy atom. The Bertz CT molecular complexity index is 1120. The Balaban J connectivity index is 1.10. The van der Waals surface area contributed by atoms with Gasteiger partial charge in [-0.25, -0.2) is 23.2 Å². The summed E-state index contributed by atoms with van der Waals surface area (Å²) in [5.74, 6) is 0.332. The van der Waals surface area contributed by atoms with Crippen molar-refractivity contribution in [2.24, 2.45) is 0 Å². The number of benzene rings is 1. The van der Waals surface area contributed by atoms with Crippen LogP contribution in [0.25, 0.3) is 0 Å². The number of sulfone groups is 1. The van der Waals surface area contributed by atoms with Crippen molar-refractivity contribution in [2.45, 2.75) is 81.5 Å². The second kappa shape index (κ2) is 13.3. The zero-order valence-corrected chi connectivity index (χ0v) is 22.8. The van der Waals surface area contributed by atoms with Crippen molar-refractivity contribution >= 4 is 15.9 Å². The third-order valence-corrected chi connectivity index (χ3v) is 7.71. The van der Waals surface area contributed by atoms with Gasteiger partial charge in [0.05, 0.1) is 37.8 Å². The third kappa shape index (κ3) is 8.64. The fourth-order valence-electron chi connectivity index (χ4n) is 4.66. The summed E-state index contributed by atoms with van der Waals surface area (Å²) in [7, 11) is -3.38. The molecule has 11 heteroatoms. The van der Waals surface area contributed by atoms with Crippen LogP contribution in [0.3, 0.4) is 0 Å². The van der Waals surface area contributed by atoms with Crippen LogP contribution in [0.2, 0.25) is 0 Å². The molecular weight excluding hydrogens is 510 g/mol. The number of nitrogens with zero attached hydrogens (tertiary/aromatic N) is 3. The zero-order chi connectivity index (χ0) is 27.0. The molecule has 0 radical (unpaired) electrons. The summed E-state index contributed by atoms with van der Waals surface area (Å²) in [5, 5.41) is -0.0661.